The summed E-state index contributed by atoms with van der Waals surface area (Å²) in [6.07, 6.45) is 2.60. The molecule has 0 spiro atoms. The van der Waals surface area contributed by atoms with Crippen LogP contribution in [0.1, 0.15) is 26.2 Å². The average Bonchev–Trinajstić information content (AvgIpc) is 2.78. The summed E-state index contributed by atoms with van der Waals surface area (Å²) in [6, 6.07) is 11.3. The molecule has 0 atom stereocenters. The second kappa shape index (κ2) is 11.3. The van der Waals surface area contributed by atoms with Gasteiger partial charge in [-0.25, -0.2) is 0 Å². The Kier molecular flexibility index (Phi) is 8.50. The van der Waals surface area contributed by atoms with Crippen LogP contribution in [0, 0.1) is 5.92 Å². The van der Waals surface area contributed by atoms with E-state index in [1.807, 2.05) is 36.4 Å². The molecule has 2 heterocycles. The molecule has 1 aliphatic rings. The fourth-order valence-electron chi connectivity index (χ4n) is 3.21. The zero-order valence-corrected chi connectivity index (χ0v) is 19.3. The second-order valence-corrected chi connectivity index (χ2v) is 8.95. The molecule has 1 aliphatic heterocycles. The third-order valence-electron chi connectivity index (χ3n) is 4.86. The van der Waals surface area contributed by atoms with E-state index in [0.717, 1.165) is 54.9 Å². The predicted molar refractivity (Wildman–Crippen MR) is 124 cm³/mol. The van der Waals surface area contributed by atoms with Gasteiger partial charge in [0.25, 0.3) is 0 Å². The zero-order chi connectivity index (χ0) is 21.3. The molecule has 160 valence electrons. The number of para-hydroxylation sites is 1. The van der Waals surface area contributed by atoms with E-state index < -0.39 is 0 Å². The number of carbonyl (C=O) groups is 2. The summed E-state index contributed by atoms with van der Waals surface area (Å²) in [7, 11) is 0. The number of hydrogen-bond acceptors (Lipinski definition) is 6. The van der Waals surface area contributed by atoms with Gasteiger partial charge in [-0.3, -0.25) is 9.59 Å². The summed E-state index contributed by atoms with van der Waals surface area (Å²) in [5.74, 6) is 1.22. The first-order chi connectivity index (χ1) is 14.6. The largest absolute Gasteiger partial charge is 0.356 e. The molecular formula is C21H26BrN5O2S. The third-order valence-corrected chi connectivity index (χ3v) is 6.48. The Labute approximate surface area is 189 Å². The maximum atomic E-state index is 12.2. The highest BCUT2D eigenvalue weighted by Crippen LogP contribution is 2.24. The van der Waals surface area contributed by atoms with E-state index in [2.05, 4.69) is 48.6 Å². The van der Waals surface area contributed by atoms with E-state index in [9.17, 15) is 9.59 Å². The Morgan fingerprint density at radius 2 is 1.93 bits per heavy atom. The normalized spacial score (nSPS) is 14.4. The van der Waals surface area contributed by atoms with Crippen molar-refractivity contribution < 1.29 is 9.59 Å². The van der Waals surface area contributed by atoms with Crippen LogP contribution in [0.5, 0.6) is 0 Å². The third kappa shape index (κ3) is 6.43. The lowest BCUT2D eigenvalue weighted by molar-refractivity contribution is -0.125. The lowest BCUT2D eigenvalue weighted by atomic mass is 9.96. The molecule has 9 heteroatoms. The summed E-state index contributed by atoms with van der Waals surface area (Å²) in [5, 5.41) is 15.1. The molecule has 7 nitrogen and oxygen atoms in total. The number of benzene rings is 1. The van der Waals surface area contributed by atoms with Crippen LogP contribution in [-0.4, -0.2) is 47.4 Å². The first-order valence-electron chi connectivity index (χ1n) is 10.1. The quantitative estimate of drug-likeness (QED) is 0.547. The highest BCUT2D eigenvalue weighted by atomic mass is 79.9. The van der Waals surface area contributed by atoms with Gasteiger partial charge >= 0.3 is 0 Å². The van der Waals surface area contributed by atoms with E-state index in [4.69, 9.17) is 0 Å². The number of carbonyl (C=O) groups excluding carboxylic acids is 2. The maximum absolute atomic E-state index is 12.2. The molecule has 1 fully saturated rings. The van der Waals surface area contributed by atoms with Crippen LogP contribution in [0.2, 0.25) is 0 Å². The van der Waals surface area contributed by atoms with E-state index in [1.165, 1.54) is 11.8 Å². The Hall–Kier alpha value is -2.13. The predicted octanol–water partition coefficient (Wildman–Crippen LogP) is 3.71. The number of nitrogens with one attached hydrogen (secondary N) is 2. The van der Waals surface area contributed by atoms with Crippen molar-refractivity contribution in [3.8, 4) is 0 Å². The Balaban J connectivity index is 1.44. The molecule has 0 unspecified atom stereocenters. The zero-order valence-electron chi connectivity index (χ0n) is 16.9. The molecule has 0 bridgehead atoms. The summed E-state index contributed by atoms with van der Waals surface area (Å²) in [6.45, 7) is 4.38. The number of rotatable bonds is 8. The van der Waals surface area contributed by atoms with Crippen molar-refractivity contribution in [2.45, 2.75) is 31.2 Å². The van der Waals surface area contributed by atoms with Crippen LogP contribution in [0.4, 0.5) is 11.5 Å². The van der Waals surface area contributed by atoms with Crippen LogP contribution in [-0.2, 0) is 9.59 Å². The summed E-state index contributed by atoms with van der Waals surface area (Å²) in [5.41, 5.74) is 0.747. The van der Waals surface area contributed by atoms with Crippen LogP contribution in [0.3, 0.4) is 0 Å². The summed E-state index contributed by atoms with van der Waals surface area (Å²) < 4.78 is 0.846. The molecule has 30 heavy (non-hydrogen) atoms. The number of piperidine rings is 1. The van der Waals surface area contributed by atoms with Gasteiger partial charge in [0.2, 0.25) is 11.8 Å². The Morgan fingerprint density at radius 1 is 1.17 bits per heavy atom. The molecule has 3 rings (SSSR count). The van der Waals surface area contributed by atoms with E-state index >= 15 is 0 Å². The standard InChI is InChI=1S/C21H26BrN5O2S/c1-2-11-23-21(29)15-9-12-27(13-10-15)18-7-8-20(26-25-18)30-14-19(28)24-17-6-4-3-5-16(17)22/h3-8,15H,2,9-14H2,1H3,(H,23,29)(H,24,28). The minimum absolute atomic E-state index is 0.0822. The summed E-state index contributed by atoms with van der Waals surface area (Å²) >= 11 is 4.77. The van der Waals surface area contributed by atoms with Crippen LogP contribution < -0.4 is 15.5 Å². The second-order valence-electron chi connectivity index (χ2n) is 7.10. The van der Waals surface area contributed by atoms with Gasteiger partial charge in [-0.1, -0.05) is 30.8 Å². The molecule has 0 radical (unpaired) electrons. The van der Waals surface area contributed by atoms with Gasteiger partial charge in [-0.2, -0.15) is 0 Å². The van der Waals surface area contributed by atoms with Gasteiger partial charge in [-0.15, -0.1) is 10.2 Å². The van der Waals surface area contributed by atoms with Crippen LogP contribution >= 0.6 is 27.7 Å². The molecule has 1 aromatic heterocycles. The number of hydrogen-bond donors (Lipinski definition) is 2. The van der Waals surface area contributed by atoms with Crippen molar-refractivity contribution in [2.24, 2.45) is 5.92 Å². The number of nitrogens with zero attached hydrogens (tertiary/aromatic N) is 3. The van der Waals surface area contributed by atoms with Crippen molar-refractivity contribution >= 4 is 51.0 Å². The van der Waals surface area contributed by atoms with Crippen molar-refractivity contribution in [1.29, 1.82) is 0 Å². The minimum atomic E-state index is -0.0961. The van der Waals surface area contributed by atoms with E-state index in [0.29, 0.717) is 5.03 Å². The van der Waals surface area contributed by atoms with E-state index in [1.54, 1.807) is 0 Å². The maximum Gasteiger partial charge on any atom is 0.234 e. The van der Waals surface area contributed by atoms with Crippen molar-refractivity contribution in [2.75, 3.05) is 35.6 Å². The average molecular weight is 492 g/mol. The minimum Gasteiger partial charge on any atom is -0.356 e. The lowest BCUT2D eigenvalue weighted by Crippen LogP contribution is -2.41. The fourth-order valence-corrected chi connectivity index (χ4v) is 4.21. The molecule has 2 N–H and O–H groups in total. The molecule has 1 aromatic carbocycles. The van der Waals surface area contributed by atoms with Gasteiger partial charge in [0, 0.05) is 30.0 Å². The highest BCUT2D eigenvalue weighted by Gasteiger charge is 2.25. The monoisotopic (exact) mass is 491 g/mol. The van der Waals surface area contributed by atoms with E-state index in [-0.39, 0.29) is 23.5 Å². The SMILES string of the molecule is CCCNC(=O)C1CCN(c2ccc(SCC(=O)Nc3ccccc3Br)nn2)CC1. The highest BCUT2D eigenvalue weighted by molar-refractivity contribution is 9.10. The number of anilines is 2. The van der Waals surface area contributed by atoms with Crippen LogP contribution in [0.15, 0.2) is 45.9 Å². The Bertz CT molecular complexity index is 857. The van der Waals surface area contributed by atoms with Gasteiger partial charge in [0.05, 0.1) is 11.4 Å². The van der Waals surface area contributed by atoms with Gasteiger partial charge < -0.3 is 15.5 Å². The molecule has 1 saturated heterocycles. The Morgan fingerprint density at radius 3 is 2.60 bits per heavy atom. The first kappa shape index (κ1) is 22.6. The number of amides is 2. The van der Waals surface area contributed by atoms with Gasteiger partial charge in [0.15, 0.2) is 5.82 Å². The number of halogens is 1. The number of aromatic nitrogens is 2. The molecule has 2 aromatic rings. The van der Waals surface area contributed by atoms with Crippen molar-refractivity contribution in [3.63, 3.8) is 0 Å². The van der Waals surface area contributed by atoms with Gasteiger partial charge in [-0.05, 0) is 59.5 Å². The molecular weight excluding hydrogens is 466 g/mol. The fraction of sp³-hybridized carbons (Fsp3) is 0.429. The number of thioether (sulfide) groups is 1. The molecule has 0 aliphatic carbocycles. The lowest BCUT2D eigenvalue weighted by Gasteiger charge is -2.31. The molecule has 2 amide bonds. The van der Waals surface area contributed by atoms with Crippen LogP contribution in [0.25, 0.3) is 0 Å². The molecule has 0 saturated carbocycles. The van der Waals surface area contributed by atoms with Crippen molar-refractivity contribution in [3.05, 3.63) is 40.9 Å². The van der Waals surface area contributed by atoms with Crippen molar-refractivity contribution in [1.82, 2.24) is 15.5 Å². The topological polar surface area (TPSA) is 87.2 Å². The smallest absolute Gasteiger partial charge is 0.234 e. The summed E-state index contributed by atoms with van der Waals surface area (Å²) in [4.78, 5) is 26.4. The van der Waals surface area contributed by atoms with Gasteiger partial charge in [0.1, 0.15) is 5.03 Å². The first-order valence-corrected chi connectivity index (χ1v) is 11.9.